The van der Waals surface area contributed by atoms with Gasteiger partial charge in [0.25, 0.3) is 5.91 Å². The average Bonchev–Trinajstić information content (AvgIpc) is 2.80. The van der Waals surface area contributed by atoms with Gasteiger partial charge in [0, 0.05) is 6.54 Å². The molecule has 1 saturated carbocycles. The highest BCUT2D eigenvalue weighted by molar-refractivity contribution is 5.94. The van der Waals surface area contributed by atoms with Crippen LogP contribution in [0, 0.1) is 5.92 Å². The first-order valence-electron chi connectivity index (χ1n) is 7.71. The summed E-state index contributed by atoms with van der Waals surface area (Å²) < 4.78 is 0.672. The van der Waals surface area contributed by atoms with E-state index in [-0.39, 0.29) is 11.9 Å². The maximum atomic E-state index is 11.9. The Morgan fingerprint density at radius 3 is 2.35 bits per heavy atom. The van der Waals surface area contributed by atoms with Crippen LogP contribution in [0.5, 0.6) is 0 Å². The van der Waals surface area contributed by atoms with Crippen LogP contribution in [-0.2, 0) is 4.79 Å². The Balaban J connectivity index is 2.29. The molecule has 0 aromatic rings. The third-order valence-corrected chi connectivity index (χ3v) is 4.12. The summed E-state index contributed by atoms with van der Waals surface area (Å²) >= 11 is 0. The summed E-state index contributed by atoms with van der Waals surface area (Å²) in [6.07, 6.45) is 5.79. The van der Waals surface area contributed by atoms with Gasteiger partial charge in [0.2, 0.25) is 0 Å². The number of carbonyl (C=O) groups is 2. The van der Waals surface area contributed by atoms with E-state index < -0.39 is 0 Å². The number of likely N-dealkylation sites (N-methyl/N-ethyl adjacent to an activating group) is 1. The number of amides is 3. The zero-order chi connectivity index (χ0) is 15.2. The van der Waals surface area contributed by atoms with Crippen LogP contribution in [0.4, 0.5) is 4.79 Å². The third kappa shape index (κ3) is 5.90. The Kier molecular flexibility index (Phi) is 6.46. The van der Waals surface area contributed by atoms with Gasteiger partial charge in [0.05, 0.1) is 20.1 Å². The van der Waals surface area contributed by atoms with Crippen LogP contribution >= 0.6 is 0 Å². The number of imide groups is 1. The molecule has 0 bridgehead atoms. The van der Waals surface area contributed by atoms with Gasteiger partial charge in [0.15, 0.2) is 6.54 Å². The molecule has 0 saturated heterocycles. The van der Waals surface area contributed by atoms with Crippen LogP contribution in [0.25, 0.3) is 0 Å². The van der Waals surface area contributed by atoms with E-state index in [1.807, 2.05) is 0 Å². The second-order valence-corrected chi connectivity index (χ2v) is 6.86. The summed E-state index contributed by atoms with van der Waals surface area (Å²) in [4.78, 5) is 23.5. The molecule has 0 radical (unpaired) electrons. The summed E-state index contributed by atoms with van der Waals surface area (Å²) in [6, 6.07) is 0.173. The predicted molar refractivity (Wildman–Crippen MR) is 80.2 cm³/mol. The highest BCUT2D eigenvalue weighted by Gasteiger charge is 2.33. The van der Waals surface area contributed by atoms with Crippen molar-refractivity contribution in [3.8, 4) is 0 Å². The van der Waals surface area contributed by atoms with Gasteiger partial charge in [-0.15, -0.1) is 0 Å². The van der Waals surface area contributed by atoms with Crippen LogP contribution in [0.3, 0.4) is 0 Å². The quantitative estimate of drug-likeness (QED) is 0.732. The van der Waals surface area contributed by atoms with Gasteiger partial charge >= 0.3 is 6.03 Å². The number of hydrogen-bond acceptors (Lipinski definition) is 2. The molecule has 1 rings (SSSR count). The molecule has 20 heavy (non-hydrogen) atoms. The topological polar surface area (TPSA) is 58.2 Å². The molecule has 0 unspecified atom stereocenters. The second-order valence-electron chi connectivity index (χ2n) is 6.86. The monoisotopic (exact) mass is 284 g/mol. The van der Waals surface area contributed by atoms with Crippen LogP contribution in [0.2, 0.25) is 0 Å². The van der Waals surface area contributed by atoms with E-state index in [2.05, 4.69) is 38.6 Å². The number of nitrogens with one attached hydrogen (secondary N) is 2. The molecule has 1 aliphatic rings. The number of quaternary nitrogens is 1. The molecule has 1 fully saturated rings. The Hall–Kier alpha value is -1.10. The maximum Gasteiger partial charge on any atom is 0.321 e. The van der Waals surface area contributed by atoms with Gasteiger partial charge < -0.3 is 9.80 Å². The number of hydrogen-bond donors (Lipinski definition) is 2. The zero-order valence-electron chi connectivity index (χ0n) is 13.4. The lowest BCUT2D eigenvalue weighted by Crippen LogP contribution is -2.54. The lowest BCUT2D eigenvalue weighted by Gasteiger charge is -2.35. The van der Waals surface area contributed by atoms with E-state index in [0.29, 0.717) is 29.5 Å². The number of nitrogens with zero attached hydrogens (tertiary/aromatic N) is 1. The molecule has 0 spiro atoms. The molecule has 5 heteroatoms. The molecule has 116 valence electrons. The van der Waals surface area contributed by atoms with Crippen LogP contribution < -0.4 is 10.6 Å². The first kappa shape index (κ1) is 17.0. The van der Waals surface area contributed by atoms with E-state index in [4.69, 9.17) is 0 Å². The molecule has 0 aromatic carbocycles. The number of carbonyl (C=O) groups excluding carboxylic acids is 2. The fourth-order valence-electron chi connectivity index (χ4n) is 2.79. The van der Waals surface area contributed by atoms with Crippen molar-refractivity contribution in [2.45, 2.75) is 52.0 Å². The van der Waals surface area contributed by atoms with Gasteiger partial charge in [-0.2, -0.15) is 0 Å². The largest absolute Gasteiger partial charge is 0.338 e. The molecule has 0 heterocycles. The third-order valence-electron chi connectivity index (χ3n) is 4.12. The lowest BCUT2D eigenvalue weighted by molar-refractivity contribution is -0.906. The molecule has 5 nitrogen and oxygen atoms in total. The van der Waals surface area contributed by atoms with Crippen molar-refractivity contribution in [3.05, 3.63) is 0 Å². The highest BCUT2D eigenvalue weighted by Crippen LogP contribution is 2.26. The Labute approximate surface area is 122 Å². The first-order chi connectivity index (χ1) is 9.31. The summed E-state index contributed by atoms with van der Waals surface area (Å²) in [5.74, 6) is 0.355. The van der Waals surface area contributed by atoms with E-state index in [9.17, 15) is 9.59 Å². The van der Waals surface area contributed by atoms with Gasteiger partial charge in [-0.1, -0.05) is 13.8 Å². The minimum Gasteiger partial charge on any atom is -0.338 e. The van der Waals surface area contributed by atoms with E-state index in [0.717, 1.165) is 6.42 Å². The molecule has 0 aliphatic heterocycles. The van der Waals surface area contributed by atoms with Gasteiger partial charge in [0.1, 0.15) is 0 Å². The van der Waals surface area contributed by atoms with Crippen molar-refractivity contribution >= 4 is 11.9 Å². The fourth-order valence-corrected chi connectivity index (χ4v) is 2.79. The molecule has 1 aliphatic carbocycles. The van der Waals surface area contributed by atoms with E-state index in [1.54, 1.807) is 0 Å². The Bertz CT molecular complexity index is 334. The number of urea groups is 1. The summed E-state index contributed by atoms with van der Waals surface area (Å²) in [5, 5.41) is 5.15. The summed E-state index contributed by atoms with van der Waals surface area (Å²) in [5.41, 5.74) is 0. The van der Waals surface area contributed by atoms with E-state index in [1.165, 1.54) is 25.7 Å². The summed E-state index contributed by atoms with van der Waals surface area (Å²) in [6.45, 7) is 5.18. The minimum atomic E-state index is -0.373. The van der Waals surface area contributed by atoms with Crippen molar-refractivity contribution in [2.75, 3.05) is 27.2 Å². The predicted octanol–water partition coefficient (Wildman–Crippen LogP) is 1.88. The Morgan fingerprint density at radius 1 is 1.20 bits per heavy atom. The lowest BCUT2D eigenvalue weighted by atomic mass is 10.1. The van der Waals surface area contributed by atoms with Gasteiger partial charge in [-0.05, 0) is 38.0 Å². The number of rotatable bonds is 6. The zero-order valence-corrected chi connectivity index (χ0v) is 13.4. The average molecular weight is 284 g/mol. The minimum absolute atomic E-state index is 0.191. The van der Waals surface area contributed by atoms with Crippen molar-refractivity contribution in [2.24, 2.45) is 5.92 Å². The molecular formula is C15H30N3O2+. The van der Waals surface area contributed by atoms with Crippen molar-refractivity contribution < 1.29 is 14.1 Å². The Morgan fingerprint density at radius 2 is 1.80 bits per heavy atom. The van der Waals surface area contributed by atoms with Crippen molar-refractivity contribution in [1.82, 2.24) is 10.6 Å². The van der Waals surface area contributed by atoms with Crippen LogP contribution in [-0.4, -0.2) is 49.6 Å². The molecule has 2 N–H and O–H groups in total. The smallest absolute Gasteiger partial charge is 0.321 e. The fraction of sp³-hybridized carbons (Fsp3) is 0.867. The second kappa shape index (κ2) is 7.62. The highest BCUT2D eigenvalue weighted by atomic mass is 16.2. The van der Waals surface area contributed by atoms with Gasteiger partial charge in [-0.3, -0.25) is 10.1 Å². The summed E-state index contributed by atoms with van der Waals surface area (Å²) in [7, 11) is 4.15. The molecule has 0 aromatic heterocycles. The first-order valence-corrected chi connectivity index (χ1v) is 7.71. The van der Waals surface area contributed by atoms with E-state index >= 15 is 0 Å². The SMILES string of the molecule is CC(C)CCNC(=O)NC(=O)C[N+](C)(C)C1CCCC1. The standard InChI is InChI=1S/C15H29N3O2/c1-12(2)9-10-16-15(20)17-14(19)11-18(3,4)13-7-5-6-8-13/h12-13H,5-11H2,1-4H3,(H-,16,17,19,20)/p+1. The molecule has 3 amide bonds. The van der Waals surface area contributed by atoms with Crippen LogP contribution in [0.1, 0.15) is 46.0 Å². The van der Waals surface area contributed by atoms with Gasteiger partial charge in [-0.25, -0.2) is 4.79 Å². The van der Waals surface area contributed by atoms with Crippen molar-refractivity contribution in [1.29, 1.82) is 0 Å². The normalized spacial score (nSPS) is 16.4. The van der Waals surface area contributed by atoms with Crippen molar-refractivity contribution in [3.63, 3.8) is 0 Å². The maximum absolute atomic E-state index is 11.9. The molecule has 0 atom stereocenters. The molecular weight excluding hydrogens is 254 g/mol. The van der Waals surface area contributed by atoms with Crippen LogP contribution in [0.15, 0.2) is 0 Å².